The first-order valence-corrected chi connectivity index (χ1v) is 10.1. The molecule has 1 fully saturated rings. The molecule has 2 aliphatic carbocycles. The molecule has 0 unspecified atom stereocenters. The summed E-state index contributed by atoms with van der Waals surface area (Å²) < 4.78 is 5.43. The van der Waals surface area contributed by atoms with Crippen molar-refractivity contribution < 1.29 is 24.2 Å². The molecule has 2 aromatic rings. The number of hydrogen-bond donors (Lipinski definition) is 3. The van der Waals surface area contributed by atoms with Crippen molar-refractivity contribution in [2.24, 2.45) is 0 Å². The largest absolute Gasteiger partial charge is 0.481 e. The molecule has 0 radical (unpaired) electrons. The van der Waals surface area contributed by atoms with Gasteiger partial charge in [-0.25, -0.2) is 4.79 Å². The van der Waals surface area contributed by atoms with Crippen molar-refractivity contribution in [2.75, 3.05) is 13.2 Å². The molecule has 0 heterocycles. The van der Waals surface area contributed by atoms with E-state index in [9.17, 15) is 14.4 Å². The molecule has 0 bridgehead atoms. The van der Waals surface area contributed by atoms with Crippen LogP contribution >= 0.6 is 0 Å². The molecule has 2 aliphatic rings. The minimum Gasteiger partial charge on any atom is -0.481 e. The average Bonchev–Trinajstić information content (AvgIpc) is 3.38. The molecule has 3 N–H and O–H groups in total. The molecule has 0 aliphatic heterocycles. The fraction of sp³-hybridized carbons (Fsp3) is 0.348. The van der Waals surface area contributed by atoms with Crippen LogP contribution in [0, 0.1) is 0 Å². The lowest BCUT2D eigenvalue weighted by atomic mass is 9.98. The zero-order valence-corrected chi connectivity index (χ0v) is 16.5. The van der Waals surface area contributed by atoms with Gasteiger partial charge in [0.2, 0.25) is 5.91 Å². The fourth-order valence-electron chi connectivity index (χ4n) is 4.07. The van der Waals surface area contributed by atoms with E-state index < -0.39 is 17.6 Å². The maximum Gasteiger partial charge on any atom is 0.407 e. The van der Waals surface area contributed by atoms with E-state index in [4.69, 9.17) is 9.84 Å². The van der Waals surface area contributed by atoms with Gasteiger partial charge in [0, 0.05) is 18.9 Å². The highest BCUT2D eigenvalue weighted by Crippen LogP contribution is 2.44. The Labute approximate surface area is 174 Å². The van der Waals surface area contributed by atoms with Crippen molar-refractivity contribution in [3.8, 4) is 11.1 Å². The van der Waals surface area contributed by atoms with Gasteiger partial charge in [0.15, 0.2) is 0 Å². The summed E-state index contributed by atoms with van der Waals surface area (Å²) in [6.07, 6.45) is 0.774. The van der Waals surface area contributed by atoms with Gasteiger partial charge in [-0.1, -0.05) is 48.5 Å². The number of carboxylic acid groups (broad SMARTS) is 1. The van der Waals surface area contributed by atoms with E-state index in [0.717, 1.165) is 22.3 Å². The van der Waals surface area contributed by atoms with Crippen LogP contribution in [0.1, 0.15) is 42.7 Å². The van der Waals surface area contributed by atoms with E-state index in [-0.39, 0.29) is 37.8 Å². The Kier molecular flexibility index (Phi) is 5.44. The predicted molar refractivity (Wildman–Crippen MR) is 110 cm³/mol. The van der Waals surface area contributed by atoms with Crippen molar-refractivity contribution >= 4 is 18.0 Å². The molecule has 0 saturated heterocycles. The van der Waals surface area contributed by atoms with E-state index >= 15 is 0 Å². The Morgan fingerprint density at radius 1 is 1.00 bits per heavy atom. The number of ether oxygens (including phenoxy) is 1. The number of rotatable bonds is 8. The normalized spacial score (nSPS) is 15.6. The third-order valence-corrected chi connectivity index (χ3v) is 5.71. The van der Waals surface area contributed by atoms with Crippen LogP contribution in [0.25, 0.3) is 11.1 Å². The number of aliphatic carboxylic acids is 1. The number of carbonyl (C=O) groups is 3. The molecule has 0 atom stereocenters. The molecular weight excluding hydrogens is 384 g/mol. The van der Waals surface area contributed by atoms with E-state index in [2.05, 4.69) is 34.9 Å². The summed E-state index contributed by atoms with van der Waals surface area (Å²) in [5.41, 5.74) is 3.99. The molecule has 4 rings (SSSR count). The van der Waals surface area contributed by atoms with E-state index in [1.165, 1.54) is 0 Å². The number of nitrogens with one attached hydrogen (secondary N) is 2. The average molecular weight is 408 g/mol. The quantitative estimate of drug-likeness (QED) is 0.623. The first kappa shape index (κ1) is 19.9. The van der Waals surface area contributed by atoms with Gasteiger partial charge in [-0.05, 0) is 35.1 Å². The number of alkyl carbamates (subject to hydrolysis) is 1. The summed E-state index contributed by atoms with van der Waals surface area (Å²) >= 11 is 0. The lowest BCUT2D eigenvalue weighted by Crippen LogP contribution is -2.40. The van der Waals surface area contributed by atoms with Crippen LogP contribution in [0.15, 0.2) is 48.5 Å². The maximum atomic E-state index is 12.1. The third-order valence-electron chi connectivity index (χ3n) is 5.71. The molecule has 0 aromatic heterocycles. The van der Waals surface area contributed by atoms with Gasteiger partial charge < -0.3 is 20.5 Å². The smallest absolute Gasteiger partial charge is 0.407 e. The second-order valence-corrected chi connectivity index (χ2v) is 7.90. The van der Waals surface area contributed by atoms with E-state index in [0.29, 0.717) is 12.8 Å². The zero-order valence-electron chi connectivity index (χ0n) is 16.5. The minimum atomic E-state index is -0.926. The predicted octanol–water partition coefficient (Wildman–Crippen LogP) is 3.04. The highest BCUT2D eigenvalue weighted by atomic mass is 16.5. The van der Waals surface area contributed by atoms with Crippen LogP contribution in [0.4, 0.5) is 4.79 Å². The highest BCUT2D eigenvalue weighted by Gasteiger charge is 2.45. The molecule has 7 nitrogen and oxygen atoms in total. The molecule has 1 saturated carbocycles. The van der Waals surface area contributed by atoms with Gasteiger partial charge in [0.25, 0.3) is 0 Å². The summed E-state index contributed by atoms with van der Waals surface area (Å²) in [5, 5.41) is 14.3. The molecule has 7 heteroatoms. The summed E-state index contributed by atoms with van der Waals surface area (Å²) in [6, 6.07) is 16.2. The van der Waals surface area contributed by atoms with E-state index in [1.54, 1.807) is 0 Å². The second kappa shape index (κ2) is 8.18. The summed E-state index contributed by atoms with van der Waals surface area (Å²) in [4.78, 5) is 35.0. The maximum absolute atomic E-state index is 12.1. The first-order valence-electron chi connectivity index (χ1n) is 10.1. The summed E-state index contributed by atoms with van der Waals surface area (Å²) in [5.74, 6) is -1.21. The van der Waals surface area contributed by atoms with Crippen LogP contribution in [0.3, 0.4) is 0 Å². The van der Waals surface area contributed by atoms with E-state index in [1.807, 2.05) is 24.3 Å². The van der Waals surface area contributed by atoms with Crippen molar-refractivity contribution in [2.45, 2.75) is 37.1 Å². The SMILES string of the molecule is O=C(O)CC1(NC(=O)CCNC(=O)OCC2c3ccccc3-c3ccccc32)CC1. The van der Waals surface area contributed by atoms with Crippen LogP contribution in [0.5, 0.6) is 0 Å². The number of hydrogen-bond acceptors (Lipinski definition) is 4. The number of carbonyl (C=O) groups excluding carboxylic acids is 2. The molecule has 30 heavy (non-hydrogen) atoms. The van der Waals surface area contributed by atoms with Crippen molar-refractivity contribution in [1.82, 2.24) is 10.6 Å². The van der Waals surface area contributed by atoms with Gasteiger partial charge in [-0.15, -0.1) is 0 Å². The first-order chi connectivity index (χ1) is 14.5. The van der Waals surface area contributed by atoms with Gasteiger partial charge in [-0.3, -0.25) is 9.59 Å². The second-order valence-electron chi connectivity index (χ2n) is 7.90. The van der Waals surface area contributed by atoms with Gasteiger partial charge in [0.1, 0.15) is 6.61 Å². The lowest BCUT2D eigenvalue weighted by Gasteiger charge is -2.16. The van der Waals surface area contributed by atoms with Crippen molar-refractivity contribution in [3.63, 3.8) is 0 Å². The van der Waals surface area contributed by atoms with Gasteiger partial charge in [-0.2, -0.15) is 0 Å². The highest BCUT2D eigenvalue weighted by molar-refractivity contribution is 5.80. The Hall–Kier alpha value is -3.35. The molecule has 2 amide bonds. The van der Waals surface area contributed by atoms with Crippen LogP contribution in [0.2, 0.25) is 0 Å². The van der Waals surface area contributed by atoms with Crippen LogP contribution in [-0.4, -0.2) is 41.8 Å². The number of fused-ring (bicyclic) bond motifs is 3. The molecule has 0 spiro atoms. The fourth-order valence-corrected chi connectivity index (χ4v) is 4.07. The Bertz CT molecular complexity index is 938. The summed E-state index contributed by atoms with van der Waals surface area (Å²) in [7, 11) is 0. The lowest BCUT2D eigenvalue weighted by molar-refractivity contribution is -0.138. The van der Waals surface area contributed by atoms with Crippen LogP contribution < -0.4 is 10.6 Å². The number of amides is 2. The zero-order chi connectivity index (χ0) is 21.1. The van der Waals surface area contributed by atoms with Crippen LogP contribution in [-0.2, 0) is 14.3 Å². The standard InChI is InChI=1S/C23H24N2O5/c26-20(25-23(10-11-23)13-21(27)28)9-12-24-22(29)30-14-19-17-7-3-1-5-15(17)16-6-2-4-8-18(16)19/h1-8,19H,9-14H2,(H,24,29)(H,25,26)(H,27,28). The van der Waals surface area contributed by atoms with Gasteiger partial charge >= 0.3 is 12.1 Å². The Morgan fingerprint density at radius 3 is 2.17 bits per heavy atom. The Morgan fingerprint density at radius 2 is 1.60 bits per heavy atom. The topological polar surface area (TPSA) is 105 Å². The number of carboxylic acids is 1. The minimum absolute atomic E-state index is 0.0165. The molecule has 2 aromatic carbocycles. The Balaban J connectivity index is 1.25. The van der Waals surface area contributed by atoms with Gasteiger partial charge in [0.05, 0.1) is 12.0 Å². The van der Waals surface area contributed by atoms with Crippen molar-refractivity contribution in [1.29, 1.82) is 0 Å². The molecular formula is C23H24N2O5. The third kappa shape index (κ3) is 4.30. The monoisotopic (exact) mass is 408 g/mol. The van der Waals surface area contributed by atoms with Crippen molar-refractivity contribution in [3.05, 3.63) is 59.7 Å². The number of benzene rings is 2. The summed E-state index contributed by atoms with van der Waals surface area (Å²) in [6.45, 7) is 0.347. The molecule has 156 valence electrons.